The molecule has 0 saturated heterocycles. The highest BCUT2D eigenvalue weighted by molar-refractivity contribution is 6.00. The maximum absolute atomic E-state index is 13.5. The number of fused-ring (bicyclic) bond motifs is 9. The second-order valence-corrected chi connectivity index (χ2v) is 8.53. The number of carbonyl (C=O) groups is 1. The number of halogens is 3. The van der Waals surface area contributed by atoms with Gasteiger partial charge in [0.2, 0.25) is 5.91 Å². The fourth-order valence-electron chi connectivity index (χ4n) is 6.38. The van der Waals surface area contributed by atoms with Gasteiger partial charge in [-0.3, -0.25) is 9.89 Å². The molecule has 3 heterocycles. The van der Waals surface area contributed by atoms with Gasteiger partial charge in [0, 0.05) is 16.9 Å². The summed E-state index contributed by atoms with van der Waals surface area (Å²) in [4.78, 5) is 12.0. The first-order chi connectivity index (χ1) is 13.4. The van der Waals surface area contributed by atoms with Crippen LogP contribution in [0.5, 0.6) is 0 Å². The Morgan fingerprint density at radius 2 is 1.89 bits per heavy atom. The Balaban J connectivity index is 1.52. The Hall–Kier alpha value is -2.51. The molecule has 2 bridgehead atoms. The predicted molar refractivity (Wildman–Crippen MR) is 95.8 cm³/mol. The van der Waals surface area contributed by atoms with Crippen LogP contribution in [0.25, 0.3) is 0 Å². The van der Waals surface area contributed by atoms with Gasteiger partial charge < -0.3 is 10.6 Å². The Bertz CT molecular complexity index is 998. The fraction of sp³-hybridized carbons (Fsp3) is 0.500. The van der Waals surface area contributed by atoms with Gasteiger partial charge in [-0.05, 0) is 66.2 Å². The van der Waals surface area contributed by atoms with Crippen molar-refractivity contribution in [3.63, 3.8) is 0 Å². The molecule has 0 spiro atoms. The molecule has 5 nitrogen and oxygen atoms in total. The van der Waals surface area contributed by atoms with E-state index < -0.39 is 17.9 Å². The second kappa shape index (κ2) is 5.30. The van der Waals surface area contributed by atoms with Crippen LogP contribution in [0.3, 0.4) is 0 Å². The number of nitrogens with zero attached hydrogens (tertiary/aromatic N) is 1. The number of hydrogen-bond donors (Lipinski definition) is 3. The summed E-state index contributed by atoms with van der Waals surface area (Å²) >= 11 is 0. The van der Waals surface area contributed by atoms with Gasteiger partial charge in [0.1, 0.15) is 5.69 Å². The van der Waals surface area contributed by atoms with E-state index in [9.17, 15) is 18.0 Å². The van der Waals surface area contributed by atoms with E-state index in [1.807, 2.05) is 12.1 Å². The zero-order valence-corrected chi connectivity index (χ0v) is 14.9. The lowest BCUT2D eigenvalue weighted by Gasteiger charge is -2.44. The average molecular weight is 388 g/mol. The van der Waals surface area contributed by atoms with Crippen molar-refractivity contribution in [3.8, 4) is 0 Å². The summed E-state index contributed by atoms with van der Waals surface area (Å²) in [6.07, 6.45) is 0.440. The number of alkyl halides is 3. The Morgan fingerprint density at radius 3 is 2.71 bits per heavy atom. The van der Waals surface area contributed by atoms with Crippen LogP contribution in [-0.2, 0) is 17.4 Å². The standard InChI is InChI=1S/C20H19F3N4O/c21-20(22,23)19-11(7-24-27-19)18-16-9-2-1-8(5-9)15(16)17-10-6-14(28)25-12(10)3-4-13(17)26-18/h3-4,7-9,15-16,18,26H,1-2,5-6H2,(H,24,27)(H,25,28)/t8-,9+,15+,16-,18+/m0/s1. The zero-order valence-electron chi connectivity index (χ0n) is 14.9. The molecule has 2 aromatic rings. The maximum atomic E-state index is 13.5. The van der Waals surface area contributed by atoms with Gasteiger partial charge in [-0.1, -0.05) is 0 Å². The summed E-state index contributed by atoms with van der Waals surface area (Å²) in [6, 6.07) is 3.34. The summed E-state index contributed by atoms with van der Waals surface area (Å²) in [5.74, 6) is 1.14. The number of aromatic amines is 1. The van der Waals surface area contributed by atoms with Gasteiger partial charge in [0.15, 0.2) is 0 Å². The SMILES string of the molecule is O=C1Cc2c(ccc3c2[C@@H]2[C@H]4CC[C@H](C4)[C@@H]2[C@@H](c2cn[nH]c2C(F)(F)F)N3)N1. The summed E-state index contributed by atoms with van der Waals surface area (Å²) in [5, 5.41) is 12.2. The topological polar surface area (TPSA) is 69.8 Å². The van der Waals surface area contributed by atoms with Crippen LogP contribution in [0.1, 0.15) is 53.6 Å². The third-order valence-electron chi connectivity index (χ3n) is 7.27. The number of carbonyl (C=O) groups excluding carboxylic acids is 1. The molecule has 6 rings (SSSR count). The molecule has 2 fully saturated rings. The number of rotatable bonds is 1. The average Bonchev–Trinajstić information content (AvgIpc) is 3.41. The van der Waals surface area contributed by atoms with Crippen molar-refractivity contribution >= 4 is 17.3 Å². The van der Waals surface area contributed by atoms with Crippen molar-refractivity contribution in [1.29, 1.82) is 0 Å². The smallest absolute Gasteiger partial charge is 0.378 e. The van der Waals surface area contributed by atoms with Gasteiger partial charge in [-0.25, -0.2) is 0 Å². The molecule has 5 atom stereocenters. The highest BCUT2D eigenvalue weighted by atomic mass is 19.4. The molecular weight excluding hydrogens is 369 g/mol. The molecule has 3 N–H and O–H groups in total. The van der Waals surface area contributed by atoms with E-state index in [1.54, 1.807) is 0 Å². The van der Waals surface area contributed by atoms with Crippen molar-refractivity contribution in [3.05, 3.63) is 40.7 Å². The molecule has 1 amide bonds. The van der Waals surface area contributed by atoms with Crippen molar-refractivity contribution in [1.82, 2.24) is 10.2 Å². The maximum Gasteiger partial charge on any atom is 0.433 e. The highest BCUT2D eigenvalue weighted by Crippen LogP contribution is 2.65. The summed E-state index contributed by atoms with van der Waals surface area (Å²) < 4.78 is 40.6. The van der Waals surface area contributed by atoms with E-state index >= 15 is 0 Å². The molecule has 0 radical (unpaired) electrons. The van der Waals surface area contributed by atoms with Gasteiger partial charge in [-0.15, -0.1) is 0 Å². The number of benzene rings is 1. The third kappa shape index (κ3) is 2.08. The molecule has 28 heavy (non-hydrogen) atoms. The van der Waals surface area contributed by atoms with Crippen LogP contribution in [0, 0.1) is 17.8 Å². The highest BCUT2D eigenvalue weighted by Gasteiger charge is 2.56. The van der Waals surface area contributed by atoms with Gasteiger partial charge in [0.25, 0.3) is 0 Å². The molecule has 2 aliphatic carbocycles. The van der Waals surface area contributed by atoms with Crippen molar-refractivity contribution in [2.24, 2.45) is 17.8 Å². The van der Waals surface area contributed by atoms with Crippen LogP contribution >= 0.6 is 0 Å². The third-order valence-corrected chi connectivity index (χ3v) is 7.27. The quantitative estimate of drug-likeness (QED) is 0.685. The lowest BCUT2D eigenvalue weighted by atomic mass is 9.67. The van der Waals surface area contributed by atoms with Crippen LogP contribution in [0.15, 0.2) is 18.3 Å². The largest absolute Gasteiger partial charge is 0.433 e. The zero-order chi connectivity index (χ0) is 19.2. The number of anilines is 2. The monoisotopic (exact) mass is 388 g/mol. The fourth-order valence-corrected chi connectivity index (χ4v) is 6.38. The van der Waals surface area contributed by atoms with E-state index in [-0.39, 0.29) is 23.3 Å². The van der Waals surface area contributed by atoms with Crippen molar-refractivity contribution in [2.75, 3.05) is 10.6 Å². The summed E-state index contributed by atoms with van der Waals surface area (Å²) in [7, 11) is 0. The second-order valence-electron chi connectivity index (χ2n) is 8.53. The van der Waals surface area contributed by atoms with E-state index in [0.29, 0.717) is 18.3 Å². The van der Waals surface area contributed by atoms with Crippen LogP contribution < -0.4 is 10.6 Å². The van der Waals surface area contributed by atoms with Gasteiger partial charge >= 0.3 is 6.18 Å². The predicted octanol–water partition coefficient (Wildman–Crippen LogP) is 4.22. The van der Waals surface area contributed by atoms with E-state index in [1.165, 1.54) is 6.20 Å². The Morgan fingerprint density at radius 1 is 1.11 bits per heavy atom. The van der Waals surface area contributed by atoms with Crippen LogP contribution in [0.4, 0.5) is 24.5 Å². The van der Waals surface area contributed by atoms with Crippen LogP contribution in [0.2, 0.25) is 0 Å². The molecule has 0 unspecified atom stereocenters. The first-order valence-electron chi connectivity index (χ1n) is 9.74. The number of H-pyrrole nitrogens is 1. The number of aromatic nitrogens is 2. The Kier molecular flexibility index (Phi) is 3.11. The molecular formula is C20H19F3N4O. The normalized spacial score (nSPS) is 32.5. The first-order valence-corrected chi connectivity index (χ1v) is 9.74. The minimum Gasteiger partial charge on any atom is -0.378 e. The van der Waals surface area contributed by atoms with E-state index in [2.05, 4.69) is 20.8 Å². The minimum absolute atomic E-state index is 0.0144. The number of nitrogens with one attached hydrogen (secondary N) is 3. The molecule has 4 aliphatic rings. The van der Waals surface area contributed by atoms with Gasteiger partial charge in [-0.2, -0.15) is 18.3 Å². The first kappa shape index (κ1) is 16.4. The lowest BCUT2D eigenvalue weighted by Crippen LogP contribution is -2.36. The number of amides is 1. The molecule has 146 valence electrons. The van der Waals surface area contributed by atoms with E-state index in [4.69, 9.17) is 0 Å². The summed E-state index contributed by atoms with van der Waals surface area (Å²) in [5.41, 5.74) is 3.34. The molecule has 8 heteroatoms. The lowest BCUT2D eigenvalue weighted by molar-refractivity contribution is -0.142. The molecule has 2 aliphatic heterocycles. The van der Waals surface area contributed by atoms with Crippen molar-refractivity contribution < 1.29 is 18.0 Å². The molecule has 1 aromatic heterocycles. The van der Waals surface area contributed by atoms with Gasteiger partial charge in [0.05, 0.1) is 18.7 Å². The van der Waals surface area contributed by atoms with E-state index in [0.717, 1.165) is 41.8 Å². The number of hydrogen-bond acceptors (Lipinski definition) is 3. The molecule has 2 saturated carbocycles. The Labute approximate surface area is 159 Å². The minimum atomic E-state index is -4.46. The summed E-state index contributed by atoms with van der Waals surface area (Å²) in [6.45, 7) is 0. The van der Waals surface area contributed by atoms with Crippen LogP contribution in [-0.4, -0.2) is 16.1 Å². The van der Waals surface area contributed by atoms with Crippen molar-refractivity contribution in [2.45, 2.75) is 43.8 Å². The molecule has 1 aromatic carbocycles.